The van der Waals surface area contributed by atoms with E-state index in [4.69, 9.17) is 0 Å². The van der Waals surface area contributed by atoms with Gasteiger partial charge in [-0.3, -0.25) is 10.1 Å². The Kier molecular flexibility index (Phi) is 6.28. The van der Waals surface area contributed by atoms with Crippen molar-refractivity contribution in [1.82, 2.24) is 9.97 Å². The summed E-state index contributed by atoms with van der Waals surface area (Å²) in [5, 5.41) is 19.5. The molecule has 0 aliphatic carbocycles. The molecule has 23 heavy (non-hydrogen) atoms. The average Bonchev–Trinajstić information content (AvgIpc) is 3.00. The fraction of sp³-hybridized carbons (Fsp3) is 0.467. The molecule has 0 bridgehead atoms. The molecule has 0 amide bonds. The molecule has 0 saturated carbocycles. The fourth-order valence-electron chi connectivity index (χ4n) is 2.05. The first-order chi connectivity index (χ1) is 11.1. The SMILES string of the molecule is CC(C)CCNc1ncnc(NCCc2cccs2)c1[N+](=O)[O-]. The van der Waals surface area contributed by atoms with Gasteiger partial charge in [0, 0.05) is 18.0 Å². The van der Waals surface area contributed by atoms with Gasteiger partial charge in [0.15, 0.2) is 0 Å². The van der Waals surface area contributed by atoms with E-state index in [1.165, 1.54) is 11.2 Å². The van der Waals surface area contributed by atoms with E-state index in [2.05, 4.69) is 34.4 Å². The van der Waals surface area contributed by atoms with Crippen molar-refractivity contribution in [2.45, 2.75) is 26.7 Å². The Hall–Kier alpha value is -2.22. The summed E-state index contributed by atoms with van der Waals surface area (Å²) in [6.07, 6.45) is 3.06. The maximum atomic E-state index is 11.4. The monoisotopic (exact) mass is 335 g/mol. The summed E-state index contributed by atoms with van der Waals surface area (Å²) in [6, 6.07) is 4.03. The van der Waals surface area contributed by atoms with Crippen LogP contribution in [0.5, 0.6) is 0 Å². The topological polar surface area (TPSA) is 93.0 Å². The molecule has 2 aromatic heterocycles. The zero-order chi connectivity index (χ0) is 16.7. The third kappa shape index (κ3) is 5.17. The predicted molar refractivity (Wildman–Crippen MR) is 93.1 cm³/mol. The van der Waals surface area contributed by atoms with Gasteiger partial charge in [0.2, 0.25) is 11.6 Å². The largest absolute Gasteiger partial charge is 0.364 e. The first kappa shape index (κ1) is 17.1. The minimum absolute atomic E-state index is 0.0950. The molecular weight excluding hydrogens is 314 g/mol. The van der Waals surface area contributed by atoms with Gasteiger partial charge in [-0.25, -0.2) is 9.97 Å². The normalized spacial score (nSPS) is 10.7. The Morgan fingerprint density at radius 1 is 1.26 bits per heavy atom. The van der Waals surface area contributed by atoms with Crippen molar-refractivity contribution in [3.8, 4) is 0 Å². The molecule has 8 heteroatoms. The van der Waals surface area contributed by atoms with Crippen molar-refractivity contribution in [2.75, 3.05) is 23.7 Å². The summed E-state index contributed by atoms with van der Waals surface area (Å²) in [5.41, 5.74) is -0.0950. The van der Waals surface area contributed by atoms with E-state index >= 15 is 0 Å². The van der Waals surface area contributed by atoms with E-state index in [0.717, 1.165) is 12.8 Å². The molecule has 7 nitrogen and oxygen atoms in total. The molecule has 0 aromatic carbocycles. The summed E-state index contributed by atoms with van der Waals surface area (Å²) in [6.45, 7) is 5.44. The van der Waals surface area contributed by atoms with Crippen molar-refractivity contribution in [2.24, 2.45) is 5.92 Å². The van der Waals surface area contributed by atoms with Gasteiger partial charge in [-0.1, -0.05) is 19.9 Å². The minimum atomic E-state index is -0.439. The van der Waals surface area contributed by atoms with Crippen molar-refractivity contribution in [3.63, 3.8) is 0 Å². The van der Waals surface area contributed by atoms with Crippen molar-refractivity contribution >= 4 is 28.7 Å². The first-order valence-corrected chi connectivity index (χ1v) is 8.45. The van der Waals surface area contributed by atoms with E-state index in [-0.39, 0.29) is 17.3 Å². The van der Waals surface area contributed by atoms with Crippen LogP contribution in [0.3, 0.4) is 0 Å². The number of hydrogen-bond acceptors (Lipinski definition) is 7. The Morgan fingerprint density at radius 3 is 2.52 bits per heavy atom. The molecule has 124 valence electrons. The van der Waals surface area contributed by atoms with Crippen LogP contribution in [-0.4, -0.2) is 28.0 Å². The Bertz CT molecular complexity index is 631. The molecule has 0 atom stereocenters. The molecule has 2 rings (SSSR count). The van der Waals surface area contributed by atoms with Crippen LogP contribution in [0.4, 0.5) is 17.3 Å². The van der Waals surface area contributed by atoms with Crippen LogP contribution in [0.15, 0.2) is 23.8 Å². The Balaban J connectivity index is 2.04. The zero-order valence-corrected chi connectivity index (χ0v) is 14.1. The molecule has 2 aromatic rings. The lowest BCUT2D eigenvalue weighted by molar-refractivity contribution is -0.383. The maximum Gasteiger partial charge on any atom is 0.353 e. The van der Waals surface area contributed by atoms with Gasteiger partial charge in [0.25, 0.3) is 0 Å². The number of aromatic nitrogens is 2. The highest BCUT2D eigenvalue weighted by molar-refractivity contribution is 7.09. The molecule has 2 heterocycles. The molecule has 0 spiro atoms. The molecule has 0 fully saturated rings. The van der Waals surface area contributed by atoms with E-state index in [9.17, 15) is 10.1 Å². The van der Waals surface area contributed by atoms with Gasteiger partial charge in [-0.15, -0.1) is 11.3 Å². The van der Waals surface area contributed by atoms with Gasteiger partial charge in [0.05, 0.1) is 4.92 Å². The van der Waals surface area contributed by atoms with Crippen LogP contribution in [0.2, 0.25) is 0 Å². The van der Waals surface area contributed by atoms with Gasteiger partial charge in [0.1, 0.15) is 6.33 Å². The van der Waals surface area contributed by atoms with E-state index in [0.29, 0.717) is 19.0 Å². The average molecular weight is 335 g/mol. The number of nitro groups is 1. The fourth-order valence-corrected chi connectivity index (χ4v) is 2.76. The Labute approximate surface area is 139 Å². The van der Waals surface area contributed by atoms with Crippen molar-refractivity contribution < 1.29 is 4.92 Å². The highest BCUT2D eigenvalue weighted by Crippen LogP contribution is 2.28. The molecule has 0 saturated heterocycles. The summed E-state index contributed by atoms with van der Waals surface area (Å²) < 4.78 is 0. The molecular formula is C15H21N5O2S. The predicted octanol–water partition coefficient (Wildman–Crippen LogP) is 3.56. The number of hydrogen-bond donors (Lipinski definition) is 2. The number of nitrogens with zero attached hydrogens (tertiary/aromatic N) is 3. The summed E-state index contributed by atoms with van der Waals surface area (Å²) >= 11 is 1.67. The highest BCUT2D eigenvalue weighted by atomic mass is 32.1. The molecule has 2 N–H and O–H groups in total. The lowest BCUT2D eigenvalue weighted by Gasteiger charge is -2.10. The smallest absolute Gasteiger partial charge is 0.353 e. The third-order valence-electron chi connectivity index (χ3n) is 3.26. The second-order valence-corrected chi connectivity index (χ2v) is 6.57. The number of anilines is 2. The van der Waals surface area contributed by atoms with Crippen LogP contribution >= 0.6 is 11.3 Å². The lowest BCUT2D eigenvalue weighted by Crippen LogP contribution is -2.13. The van der Waals surface area contributed by atoms with Crippen molar-refractivity contribution in [1.29, 1.82) is 0 Å². The Morgan fingerprint density at radius 2 is 1.96 bits per heavy atom. The van der Waals surface area contributed by atoms with Crippen LogP contribution in [0, 0.1) is 16.0 Å². The van der Waals surface area contributed by atoms with Crippen molar-refractivity contribution in [3.05, 3.63) is 38.8 Å². The van der Waals surface area contributed by atoms with E-state index in [1.54, 1.807) is 11.3 Å². The summed E-state index contributed by atoms with van der Waals surface area (Å²) in [5.74, 6) is 1.05. The lowest BCUT2D eigenvalue weighted by atomic mass is 10.1. The van der Waals surface area contributed by atoms with Crippen LogP contribution in [-0.2, 0) is 6.42 Å². The van der Waals surface area contributed by atoms with E-state index in [1.807, 2.05) is 17.5 Å². The standard InChI is InChI=1S/C15H21N5O2S/c1-11(2)5-7-16-14-13(20(21)22)15(19-10-18-14)17-8-6-12-4-3-9-23-12/h3-4,9-11H,5-8H2,1-2H3,(H2,16,17,18,19). The molecule has 0 unspecified atom stereocenters. The zero-order valence-electron chi connectivity index (χ0n) is 13.3. The molecule has 0 aliphatic heterocycles. The van der Waals surface area contributed by atoms with Gasteiger partial charge in [-0.2, -0.15) is 0 Å². The van der Waals surface area contributed by atoms with Gasteiger partial charge < -0.3 is 10.6 Å². The molecule has 0 radical (unpaired) electrons. The number of nitrogens with one attached hydrogen (secondary N) is 2. The summed E-state index contributed by atoms with van der Waals surface area (Å²) in [4.78, 5) is 20.2. The maximum absolute atomic E-state index is 11.4. The van der Waals surface area contributed by atoms with Crippen LogP contribution in [0.1, 0.15) is 25.1 Å². The first-order valence-electron chi connectivity index (χ1n) is 7.57. The third-order valence-corrected chi connectivity index (χ3v) is 4.20. The quantitative estimate of drug-likeness (QED) is 0.537. The summed E-state index contributed by atoms with van der Waals surface area (Å²) in [7, 11) is 0. The number of rotatable bonds is 9. The van der Waals surface area contributed by atoms with Crippen LogP contribution in [0.25, 0.3) is 0 Å². The minimum Gasteiger partial charge on any atom is -0.364 e. The molecule has 0 aliphatic rings. The van der Waals surface area contributed by atoms with E-state index < -0.39 is 4.92 Å². The number of thiophene rings is 1. The second-order valence-electron chi connectivity index (χ2n) is 5.54. The van der Waals surface area contributed by atoms with Crippen LogP contribution < -0.4 is 10.6 Å². The second kappa shape index (κ2) is 8.42. The highest BCUT2D eigenvalue weighted by Gasteiger charge is 2.22. The van der Waals surface area contributed by atoms with Gasteiger partial charge >= 0.3 is 5.69 Å². The van der Waals surface area contributed by atoms with Gasteiger partial charge in [-0.05, 0) is 30.2 Å².